The average molecular weight is 358 g/mol. The molecule has 1 saturated heterocycles. The fourth-order valence-electron chi connectivity index (χ4n) is 2.51. The van der Waals surface area contributed by atoms with Crippen LogP contribution in [0.3, 0.4) is 0 Å². The first-order valence-corrected chi connectivity index (χ1v) is 8.68. The number of pyridine rings is 1. The molecule has 0 aliphatic carbocycles. The number of thiazole rings is 1. The van der Waals surface area contributed by atoms with Crippen LogP contribution in [-0.4, -0.2) is 47.1 Å². The van der Waals surface area contributed by atoms with Gasteiger partial charge in [0.25, 0.3) is 0 Å². The molecule has 0 aromatic carbocycles. The molecule has 3 heterocycles. The number of piperidine rings is 1. The first kappa shape index (κ1) is 17.1. The van der Waals surface area contributed by atoms with Gasteiger partial charge in [-0.2, -0.15) is 0 Å². The van der Waals surface area contributed by atoms with E-state index < -0.39 is 5.97 Å². The van der Waals surface area contributed by atoms with Gasteiger partial charge in [-0.25, -0.2) is 14.6 Å². The van der Waals surface area contributed by atoms with Crippen molar-refractivity contribution in [1.29, 1.82) is 0 Å². The van der Waals surface area contributed by atoms with Gasteiger partial charge in [-0.15, -0.1) is 0 Å². The Morgan fingerprint density at radius 1 is 1.28 bits per heavy atom. The van der Waals surface area contributed by atoms with Crippen molar-refractivity contribution in [2.24, 2.45) is 0 Å². The molecule has 1 fully saturated rings. The van der Waals surface area contributed by atoms with E-state index in [1.54, 1.807) is 11.1 Å². The number of aromatic nitrogens is 2. The summed E-state index contributed by atoms with van der Waals surface area (Å²) in [6.07, 6.45) is 6.88. The van der Waals surface area contributed by atoms with E-state index in [0.29, 0.717) is 23.1 Å². The van der Waals surface area contributed by atoms with Crippen molar-refractivity contribution in [3.63, 3.8) is 0 Å². The highest BCUT2D eigenvalue weighted by Crippen LogP contribution is 2.22. The molecular weight excluding hydrogens is 340 g/mol. The zero-order chi connectivity index (χ0) is 17.6. The zero-order valence-electron chi connectivity index (χ0n) is 13.8. The van der Waals surface area contributed by atoms with Crippen LogP contribution in [0.1, 0.15) is 28.2 Å². The van der Waals surface area contributed by atoms with Crippen molar-refractivity contribution in [3.8, 4) is 0 Å². The number of hydrogen-bond donors (Lipinski definition) is 1. The van der Waals surface area contributed by atoms with Crippen LogP contribution in [0.5, 0.6) is 0 Å². The molecule has 1 N–H and O–H groups in total. The lowest BCUT2D eigenvalue weighted by Gasteiger charge is -2.28. The second-order valence-electron chi connectivity index (χ2n) is 5.50. The highest BCUT2D eigenvalue weighted by atomic mass is 32.1. The highest BCUT2D eigenvalue weighted by Gasteiger charge is 2.20. The molecule has 1 aliphatic rings. The van der Waals surface area contributed by atoms with Gasteiger partial charge in [0.05, 0.1) is 19.0 Å². The topological polar surface area (TPSA) is 84.4 Å². The number of carbonyl (C=O) groups excluding carboxylic acids is 2. The zero-order valence-corrected chi connectivity index (χ0v) is 14.6. The fraction of sp³-hybridized carbons (Fsp3) is 0.294. The molecule has 8 heteroatoms. The molecule has 0 spiro atoms. The van der Waals surface area contributed by atoms with Crippen LogP contribution >= 0.6 is 11.3 Å². The van der Waals surface area contributed by atoms with Crippen molar-refractivity contribution in [2.75, 3.05) is 25.5 Å². The third-order valence-electron chi connectivity index (χ3n) is 3.84. The van der Waals surface area contributed by atoms with E-state index >= 15 is 0 Å². The van der Waals surface area contributed by atoms with Crippen LogP contribution in [0.25, 0.3) is 6.08 Å². The number of anilines is 1. The van der Waals surface area contributed by atoms with E-state index in [0.717, 1.165) is 29.9 Å². The summed E-state index contributed by atoms with van der Waals surface area (Å²) in [5.74, 6) is -0.458. The predicted octanol–water partition coefficient (Wildman–Crippen LogP) is 3.04. The summed E-state index contributed by atoms with van der Waals surface area (Å²) < 4.78 is 4.63. The molecule has 2 aromatic rings. The predicted molar refractivity (Wildman–Crippen MR) is 95.5 cm³/mol. The van der Waals surface area contributed by atoms with E-state index in [2.05, 4.69) is 26.1 Å². The van der Waals surface area contributed by atoms with Gasteiger partial charge >= 0.3 is 12.0 Å². The first-order valence-electron chi connectivity index (χ1n) is 7.86. The van der Waals surface area contributed by atoms with E-state index in [-0.39, 0.29) is 6.03 Å². The molecule has 3 rings (SSSR count). The van der Waals surface area contributed by atoms with E-state index in [1.165, 1.54) is 18.9 Å². The third kappa shape index (κ3) is 4.42. The molecular formula is C17H18N4O3S. The molecule has 1 aliphatic heterocycles. The van der Waals surface area contributed by atoms with Crippen molar-refractivity contribution < 1.29 is 14.3 Å². The quantitative estimate of drug-likeness (QED) is 0.853. The van der Waals surface area contributed by atoms with Gasteiger partial charge in [-0.1, -0.05) is 23.0 Å². The Balaban J connectivity index is 1.54. The van der Waals surface area contributed by atoms with Crippen molar-refractivity contribution in [1.82, 2.24) is 14.9 Å². The van der Waals surface area contributed by atoms with Crippen LogP contribution in [-0.2, 0) is 4.74 Å². The molecule has 25 heavy (non-hydrogen) atoms. The van der Waals surface area contributed by atoms with Gasteiger partial charge in [-0.3, -0.25) is 10.3 Å². The second-order valence-corrected chi connectivity index (χ2v) is 6.53. The fourth-order valence-corrected chi connectivity index (χ4v) is 3.23. The van der Waals surface area contributed by atoms with Crippen molar-refractivity contribution in [2.45, 2.75) is 12.8 Å². The minimum atomic E-state index is -0.458. The minimum absolute atomic E-state index is 0.206. The number of rotatable bonds is 3. The number of hydrogen-bond acceptors (Lipinski definition) is 6. The summed E-state index contributed by atoms with van der Waals surface area (Å²) in [4.78, 5) is 34.2. The van der Waals surface area contributed by atoms with E-state index in [1.807, 2.05) is 18.2 Å². The summed E-state index contributed by atoms with van der Waals surface area (Å²) in [5.41, 5.74) is 2.22. The van der Waals surface area contributed by atoms with Crippen molar-refractivity contribution in [3.05, 3.63) is 46.7 Å². The molecule has 0 atom stereocenters. The first-order chi connectivity index (χ1) is 12.2. The van der Waals surface area contributed by atoms with Crippen molar-refractivity contribution >= 4 is 34.5 Å². The number of urea groups is 1. The van der Waals surface area contributed by atoms with Gasteiger partial charge in [0.15, 0.2) is 5.13 Å². The number of ether oxygens (including phenoxy) is 1. The molecule has 2 aromatic heterocycles. The maximum Gasteiger partial charge on any atom is 0.349 e. The summed E-state index contributed by atoms with van der Waals surface area (Å²) in [7, 11) is 1.31. The summed E-state index contributed by atoms with van der Waals surface area (Å²) in [6, 6.07) is 5.60. The monoisotopic (exact) mass is 358 g/mol. The van der Waals surface area contributed by atoms with Crippen LogP contribution in [0, 0.1) is 0 Å². The normalized spacial score (nSPS) is 14.1. The van der Waals surface area contributed by atoms with E-state index in [9.17, 15) is 9.59 Å². The van der Waals surface area contributed by atoms with E-state index in [4.69, 9.17) is 0 Å². The van der Waals surface area contributed by atoms with Gasteiger partial charge in [0.2, 0.25) is 0 Å². The molecule has 0 unspecified atom stereocenters. The number of amides is 2. The third-order valence-corrected chi connectivity index (χ3v) is 4.73. The maximum atomic E-state index is 12.3. The lowest BCUT2D eigenvalue weighted by molar-refractivity contribution is 0.0606. The Morgan fingerprint density at radius 3 is 2.76 bits per heavy atom. The maximum absolute atomic E-state index is 12.3. The number of esters is 1. The molecule has 7 nitrogen and oxygen atoms in total. The molecule has 0 bridgehead atoms. The number of methoxy groups -OCH3 is 1. The lowest BCUT2D eigenvalue weighted by atomic mass is 10.0. The highest BCUT2D eigenvalue weighted by molar-refractivity contribution is 7.17. The Kier molecular flexibility index (Phi) is 5.39. The number of carbonyl (C=O) groups is 2. The molecule has 0 radical (unpaired) electrons. The summed E-state index contributed by atoms with van der Waals surface area (Å²) in [6.45, 7) is 1.28. The van der Waals surface area contributed by atoms with Crippen LogP contribution in [0.2, 0.25) is 0 Å². The second kappa shape index (κ2) is 7.89. The summed E-state index contributed by atoms with van der Waals surface area (Å²) >= 11 is 1.10. The Hall–Kier alpha value is -2.74. The number of nitrogens with zero attached hydrogens (tertiary/aromatic N) is 3. The molecule has 130 valence electrons. The largest absolute Gasteiger partial charge is 0.465 e. The van der Waals surface area contributed by atoms with Crippen LogP contribution in [0.4, 0.5) is 9.93 Å². The average Bonchev–Trinajstić information content (AvgIpc) is 3.11. The minimum Gasteiger partial charge on any atom is -0.465 e. The van der Waals surface area contributed by atoms with Gasteiger partial charge in [-0.05, 0) is 31.1 Å². The Labute approximate surface area is 149 Å². The Bertz CT molecular complexity index is 778. The summed E-state index contributed by atoms with van der Waals surface area (Å²) in [5, 5.41) is 3.12. The van der Waals surface area contributed by atoms with Crippen LogP contribution < -0.4 is 5.32 Å². The molecule has 0 saturated carbocycles. The Morgan fingerprint density at radius 2 is 2.08 bits per heavy atom. The SMILES string of the molecule is COC(=O)c1cnc(NC(=O)N2CCC(=Cc3ccccn3)CC2)s1. The van der Waals surface area contributed by atoms with Gasteiger partial charge in [0, 0.05) is 19.3 Å². The number of likely N-dealkylation sites (tertiary alicyclic amines) is 1. The van der Waals surface area contributed by atoms with Gasteiger partial charge in [0.1, 0.15) is 4.88 Å². The smallest absolute Gasteiger partial charge is 0.349 e. The van der Waals surface area contributed by atoms with Gasteiger partial charge < -0.3 is 9.64 Å². The standard InChI is InChI=1S/C17H18N4O3S/c1-24-15(22)14-11-19-16(25-14)20-17(23)21-8-5-12(6-9-21)10-13-4-2-3-7-18-13/h2-4,7,10-11H,5-6,8-9H2,1H3,(H,19,20,23). The van der Waals surface area contributed by atoms with Crippen LogP contribution in [0.15, 0.2) is 36.2 Å². The number of nitrogens with one attached hydrogen (secondary N) is 1. The lowest BCUT2D eigenvalue weighted by Crippen LogP contribution is -2.39. The molecule has 2 amide bonds.